The van der Waals surface area contributed by atoms with E-state index in [1.54, 1.807) is 12.4 Å². The van der Waals surface area contributed by atoms with Gasteiger partial charge in [0.05, 0.1) is 50.1 Å². The van der Waals surface area contributed by atoms with E-state index >= 15 is 0 Å². The van der Waals surface area contributed by atoms with Gasteiger partial charge in [0.25, 0.3) is 0 Å². The van der Waals surface area contributed by atoms with Gasteiger partial charge in [-0.3, -0.25) is 9.36 Å². The largest absolute Gasteiger partial charge is 0.490 e. The van der Waals surface area contributed by atoms with Crippen molar-refractivity contribution in [2.75, 3.05) is 23.8 Å². The van der Waals surface area contributed by atoms with Crippen LogP contribution in [0.25, 0.3) is 0 Å². The molecule has 2 N–H and O–H groups in total. The third kappa shape index (κ3) is 6.60. The molecule has 0 spiro atoms. The van der Waals surface area contributed by atoms with Crippen molar-refractivity contribution in [3.63, 3.8) is 0 Å². The van der Waals surface area contributed by atoms with Crippen molar-refractivity contribution in [3.05, 3.63) is 83.9 Å². The van der Waals surface area contributed by atoms with Crippen molar-refractivity contribution in [2.45, 2.75) is 33.9 Å². The Morgan fingerprint density at radius 2 is 1.49 bits per heavy atom. The van der Waals surface area contributed by atoms with Crippen LogP contribution in [0.2, 0.25) is 0 Å². The van der Waals surface area contributed by atoms with Gasteiger partial charge in [0.2, 0.25) is 0 Å². The summed E-state index contributed by atoms with van der Waals surface area (Å²) in [6.45, 7) is 8.49. The second-order valence-corrected chi connectivity index (χ2v) is 8.41. The summed E-state index contributed by atoms with van der Waals surface area (Å²) in [5, 5.41) is 15.7. The molecule has 0 aliphatic heterocycles. The number of ether oxygens (including phenoxy) is 2. The van der Waals surface area contributed by atoms with Gasteiger partial charge in [-0.25, -0.2) is 0 Å². The summed E-state index contributed by atoms with van der Waals surface area (Å²) < 4.78 is 15.1. The summed E-state index contributed by atoms with van der Waals surface area (Å²) in [7, 11) is 0. The highest BCUT2D eigenvalue weighted by Gasteiger charge is 2.09. The molecule has 0 fully saturated rings. The summed E-state index contributed by atoms with van der Waals surface area (Å²) in [6, 6.07) is 14.2. The maximum Gasteiger partial charge on any atom is 0.175 e. The Kier molecular flexibility index (Phi) is 7.99. The van der Waals surface area contributed by atoms with E-state index in [9.17, 15) is 0 Å². The van der Waals surface area contributed by atoms with Crippen LogP contribution in [0.4, 0.5) is 11.4 Å². The normalized spacial score (nSPS) is 10.7. The minimum Gasteiger partial charge on any atom is -0.490 e. The van der Waals surface area contributed by atoms with Gasteiger partial charge < -0.3 is 20.1 Å². The number of nitrogens with one attached hydrogen (secondary N) is 2. The van der Waals surface area contributed by atoms with Gasteiger partial charge in [-0.1, -0.05) is 30.3 Å². The minimum absolute atomic E-state index is 0.472. The zero-order chi connectivity index (χ0) is 24.6. The van der Waals surface area contributed by atoms with Crippen molar-refractivity contribution in [1.29, 1.82) is 0 Å². The molecule has 2 aromatic heterocycles. The fraction of sp³-hybridized carbons (Fsp3) is 0.269. The topological polar surface area (TPSA) is 78.2 Å². The second-order valence-electron chi connectivity index (χ2n) is 8.01. The van der Waals surface area contributed by atoms with Crippen LogP contribution in [0.1, 0.15) is 30.5 Å². The molecule has 9 heteroatoms. The van der Waals surface area contributed by atoms with E-state index in [1.807, 2.05) is 65.9 Å². The quantitative estimate of drug-likeness (QED) is 0.300. The van der Waals surface area contributed by atoms with Gasteiger partial charge in [-0.2, -0.15) is 10.2 Å². The lowest BCUT2D eigenvalue weighted by molar-refractivity contribution is 0.287. The van der Waals surface area contributed by atoms with E-state index in [2.05, 4.69) is 39.9 Å². The summed E-state index contributed by atoms with van der Waals surface area (Å²) in [6.07, 6.45) is 7.35. The molecule has 0 bridgehead atoms. The van der Waals surface area contributed by atoms with Crippen molar-refractivity contribution >= 4 is 28.7 Å². The van der Waals surface area contributed by atoms with Gasteiger partial charge >= 0.3 is 0 Å². The van der Waals surface area contributed by atoms with Crippen LogP contribution in [0, 0.1) is 6.92 Å². The van der Waals surface area contributed by atoms with Crippen LogP contribution in [-0.4, -0.2) is 37.9 Å². The van der Waals surface area contributed by atoms with Gasteiger partial charge in [0, 0.05) is 12.4 Å². The first-order valence-electron chi connectivity index (χ1n) is 11.6. The van der Waals surface area contributed by atoms with Gasteiger partial charge in [-0.05, 0) is 61.8 Å². The average molecular weight is 491 g/mol. The number of hydrogen-bond donors (Lipinski definition) is 2. The summed E-state index contributed by atoms with van der Waals surface area (Å²) in [4.78, 5) is 0. The van der Waals surface area contributed by atoms with Crippen LogP contribution in [0.15, 0.2) is 67.3 Å². The minimum atomic E-state index is 0.472. The number of anilines is 2. The first kappa shape index (κ1) is 24.3. The van der Waals surface area contributed by atoms with Crippen molar-refractivity contribution in [3.8, 4) is 11.5 Å². The second kappa shape index (κ2) is 11.5. The van der Waals surface area contributed by atoms with Crippen LogP contribution in [-0.2, 0) is 13.1 Å². The lowest BCUT2D eigenvalue weighted by Crippen LogP contribution is -2.18. The monoisotopic (exact) mass is 490 g/mol. The number of aromatic nitrogens is 4. The Balaban J connectivity index is 1.33. The maximum atomic E-state index is 5.72. The van der Waals surface area contributed by atoms with Crippen LogP contribution in [0.3, 0.4) is 0 Å². The molecule has 35 heavy (non-hydrogen) atoms. The summed E-state index contributed by atoms with van der Waals surface area (Å²) >= 11 is 5.48. The zero-order valence-electron chi connectivity index (χ0n) is 20.2. The molecule has 0 unspecified atom stereocenters. The lowest BCUT2D eigenvalue weighted by atomic mass is 10.1. The number of aryl methyl sites for hydroxylation is 1. The van der Waals surface area contributed by atoms with Gasteiger partial charge in [-0.15, -0.1) is 0 Å². The van der Waals surface area contributed by atoms with Crippen molar-refractivity contribution < 1.29 is 9.47 Å². The number of nitrogens with zero attached hydrogens (tertiary/aromatic N) is 4. The third-order valence-corrected chi connectivity index (χ3v) is 5.53. The van der Waals surface area contributed by atoms with E-state index in [0.717, 1.165) is 28.4 Å². The Labute approximate surface area is 210 Å². The highest BCUT2D eigenvalue weighted by molar-refractivity contribution is 7.80. The molecule has 182 valence electrons. The maximum absolute atomic E-state index is 5.72. The molecule has 8 nitrogen and oxygen atoms in total. The molecule has 0 aliphatic carbocycles. The molecular formula is C26H30N6O2S. The fourth-order valence-electron chi connectivity index (χ4n) is 3.67. The molecule has 0 aliphatic rings. The average Bonchev–Trinajstić information content (AvgIpc) is 3.46. The molecule has 2 heterocycles. The molecule has 0 amide bonds. The van der Waals surface area contributed by atoms with E-state index in [4.69, 9.17) is 21.7 Å². The molecule has 4 rings (SSSR count). The molecule has 0 saturated carbocycles. The van der Waals surface area contributed by atoms with Crippen LogP contribution < -0.4 is 20.1 Å². The number of rotatable bonds is 10. The molecule has 0 saturated heterocycles. The fourth-order valence-corrected chi connectivity index (χ4v) is 3.90. The molecular weight excluding hydrogens is 460 g/mol. The Morgan fingerprint density at radius 3 is 2.14 bits per heavy atom. The predicted molar refractivity (Wildman–Crippen MR) is 142 cm³/mol. The molecule has 4 aromatic rings. The van der Waals surface area contributed by atoms with E-state index in [1.165, 1.54) is 11.1 Å². The zero-order valence-corrected chi connectivity index (χ0v) is 21.0. The van der Waals surface area contributed by atoms with Gasteiger partial charge in [0.15, 0.2) is 16.6 Å². The smallest absolute Gasteiger partial charge is 0.175 e. The highest BCUT2D eigenvalue weighted by Crippen LogP contribution is 2.29. The van der Waals surface area contributed by atoms with Crippen molar-refractivity contribution in [2.24, 2.45) is 0 Å². The molecule has 0 radical (unpaired) electrons. The molecule has 0 atom stereocenters. The van der Waals surface area contributed by atoms with E-state index < -0.39 is 0 Å². The van der Waals surface area contributed by atoms with Crippen LogP contribution in [0.5, 0.6) is 11.5 Å². The molecule has 2 aromatic carbocycles. The summed E-state index contributed by atoms with van der Waals surface area (Å²) in [5.41, 5.74) is 5.16. The number of hydrogen-bond acceptors (Lipinski definition) is 5. The first-order valence-corrected chi connectivity index (χ1v) is 12.0. The Morgan fingerprint density at radius 1 is 0.857 bits per heavy atom. The van der Waals surface area contributed by atoms with E-state index in [-0.39, 0.29) is 0 Å². The third-order valence-electron chi connectivity index (χ3n) is 5.33. The Hall–Kier alpha value is -3.85. The van der Waals surface area contributed by atoms with E-state index in [0.29, 0.717) is 31.4 Å². The SMILES string of the molecule is CCOc1ccc(Cn2cc(NC(=S)Nc3cnn(Cc4ccccc4C)c3)cn2)cc1OCC. The summed E-state index contributed by atoms with van der Waals surface area (Å²) in [5.74, 6) is 1.49. The van der Waals surface area contributed by atoms with Crippen LogP contribution >= 0.6 is 12.2 Å². The Bertz CT molecular complexity index is 1280. The lowest BCUT2D eigenvalue weighted by Gasteiger charge is -2.12. The van der Waals surface area contributed by atoms with Crippen molar-refractivity contribution in [1.82, 2.24) is 19.6 Å². The standard InChI is InChI=1S/C26H30N6O2S/c1-4-33-24-11-10-20(12-25(24)34-5-2)15-31-17-22(13-27-31)29-26(35)30-23-14-28-32(18-23)16-21-9-7-6-8-19(21)3/h6-14,17-18H,4-5,15-16H2,1-3H3,(H2,29,30,35). The predicted octanol–water partition coefficient (Wildman–Crippen LogP) is 5.09. The number of thiocarbonyl (C=S) groups is 1. The first-order chi connectivity index (χ1) is 17.0. The highest BCUT2D eigenvalue weighted by atomic mass is 32.1. The number of benzene rings is 2. The van der Waals surface area contributed by atoms with Gasteiger partial charge in [0.1, 0.15) is 0 Å².